The molecule has 1 aromatic carbocycles. The summed E-state index contributed by atoms with van der Waals surface area (Å²) in [5.74, 6) is 2.07. The monoisotopic (exact) mass is 430 g/mol. The third kappa shape index (κ3) is 3.50. The Kier molecular flexibility index (Phi) is 5.20. The average molecular weight is 430 g/mol. The highest BCUT2D eigenvalue weighted by molar-refractivity contribution is 5.74. The van der Waals surface area contributed by atoms with Gasteiger partial charge in [-0.15, -0.1) is 0 Å². The lowest BCUT2D eigenvalue weighted by molar-refractivity contribution is -0.130. The van der Waals surface area contributed by atoms with E-state index in [0.29, 0.717) is 31.8 Å². The maximum absolute atomic E-state index is 13.7. The normalized spacial score (nSPS) is 20.9. The molecule has 3 aliphatic rings. The van der Waals surface area contributed by atoms with Gasteiger partial charge in [0.15, 0.2) is 5.82 Å². The molecule has 6 nitrogen and oxygen atoms in total. The topological polar surface area (TPSA) is 50.6 Å². The number of halogens is 2. The minimum Gasteiger partial charge on any atom is -0.381 e. The number of hydrogen-bond acceptors (Lipinski definition) is 4. The molecule has 166 valence electrons. The Morgan fingerprint density at radius 1 is 1.26 bits per heavy atom. The van der Waals surface area contributed by atoms with Gasteiger partial charge in [0, 0.05) is 50.3 Å². The fourth-order valence-corrected chi connectivity index (χ4v) is 5.14. The third-order valence-corrected chi connectivity index (χ3v) is 6.83. The van der Waals surface area contributed by atoms with E-state index in [1.54, 1.807) is 19.9 Å². The van der Waals surface area contributed by atoms with Crippen LogP contribution in [0.25, 0.3) is 0 Å². The zero-order chi connectivity index (χ0) is 21.7. The third-order valence-electron chi connectivity index (χ3n) is 6.83. The molecule has 3 aliphatic heterocycles. The number of anilines is 2. The van der Waals surface area contributed by atoms with Crippen molar-refractivity contribution in [3.8, 4) is 0 Å². The minimum atomic E-state index is -2.51. The van der Waals surface area contributed by atoms with Crippen molar-refractivity contribution in [2.75, 3.05) is 31.2 Å². The summed E-state index contributed by atoms with van der Waals surface area (Å²) >= 11 is 0. The van der Waals surface area contributed by atoms with Crippen LogP contribution in [0.15, 0.2) is 12.1 Å². The molecule has 1 unspecified atom stereocenters. The summed E-state index contributed by atoms with van der Waals surface area (Å²) in [6.45, 7) is 7.29. The summed E-state index contributed by atoms with van der Waals surface area (Å²) in [6, 6.07) is 3.54. The van der Waals surface area contributed by atoms with Crippen molar-refractivity contribution in [3.05, 3.63) is 40.3 Å². The van der Waals surface area contributed by atoms with Crippen molar-refractivity contribution in [2.24, 2.45) is 0 Å². The minimum absolute atomic E-state index is 0.0406. The van der Waals surface area contributed by atoms with E-state index in [1.807, 2.05) is 11.0 Å². The van der Waals surface area contributed by atoms with Crippen molar-refractivity contribution >= 4 is 17.4 Å². The van der Waals surface area contributed by atoms with Gasteiger partial charge in [0.05, 0.1) is 18.8 Å². The van der Waals surface area contributed by atoms with Crippen molar-refractivity contribution in [3.63, 3.8) is 0 Å². The lowest BCUT2D eigenvalue weighted by atomic mass is 9.96. The highest BCUT2D eigenvalue weighted by Gasteiger charge is 2.34. The molecule has 1 aromatic heterocycles. The van der Waals surface area contributed by atoms with Crippen molar-refractivity contribution in [2.45, 2.75) is 58.5 Å². The van der Waals surface area contributed by atoms with E-state index in [4.69, 9.17) is 9.72 Å². The number of ether oxygens (including phenoxy) is 1. The van der Waals surface area contributed by atoms with Gasteiger partial charge in [-0.2, -0.15) is 0 Å². The molecular formula is C23H28F2N4O2. The standard InChI is InChI=1S/C23H28F2N4O2/c1-14-10-16-4-3-6-28(19(16)11-18(14)21(24)25)23-20-12-27(15(2)30)7-8-29(20)22(26-23)17-5-9-31-13-17/h10-11,17,21H,3-9,12-13H2,1-2H3. The molecule has 31 heavy (non-hydrogen) atoms. The largest absolute Gasteiger partial charge is 0.381 e. The van der Waals surface area contributed by atoms with E-state index >= 15 is 0 Å². The maximum Gasteiger partial charge on any atom is 0.264 e. The maximum atomic E-state index is 13.7. The molecule has 0 bridgehead atoms. The molecule has 5 rings (SSSR count). The van der Waals surface area contributed by atoms with Crippen LogP contribution in [-0.2, 0) is 29.0 Å². The number of aromatic nitrogens is 2. The number of nitrogens with zero attached hydrogens (tertiary/aromatic N) is 4. The van der Waals surface area contributed by atoms with Crippen molar-refractivity contribution in [1.82, 2.24) is 14.5 Å². The number of aryl methyl sites for hydroxylation is 2. The van der Waals surface area contributed by atoms with Gasteiger partial charge in [-0.05, 0) is 43.4 Å². The molecule has 0 radical (unpaired) electrons. The van der Waals surface area contributed by atoms with Gasteiger partial charge in [0.2, 0.25) is 5.91 Å². The van der Waals surface area contributed by atoms with Gasteiger partial charge in [-0.25, -0.2) is 13.8 Å². The predicted molar refractivity (Wildman–Crippen MR) is 113 cm³/mol. The fourth-order valence-electron chi connectivity index (χ4n) is 5.14. The van der Waals surface area contributed by atoms with Gasteiger partial charge >= 0.3 is 0 Å². The van der Waals surface area contributed by atoms with Gasteiger partial charge < -0.3 is 19.1 Å². The molecule has 4 heterocycles. The Morgan fingerprint density at radius 2 is 2.10 bits per heavy atom. The molecule has 1 amide bonds. The molecule has 0 N–H and O–H groups in total. The highest BCUT2D eigenvalue weighted by atomic mass is 19.3. The zero-order valence-electron chi connectivity index (χ0n) is 18.0. The first kappa shape index (κ1) is 20.4. The van der Waals surface area contributed by atoms with Crippen molar-refractivity contribution < 1.29 is 18.3 Å². The summed E-state index contributed by atoms with van der Waals surface area (Å²) in [5, 5.41) is 0. The number of benzene rings is 1. The molecule has 8 heteroatoms. The number of imidazole rings is 1. The van der Waals surface area contributed by atoms with E-state index < -0.39 is 6.43 Å². The lowest BCUT2D eigenvalue weighted by Crippen LogP contribution is -2.38. The second-order valence-corrected chi connectivity index (χ2v) is 8.79. The Morgan fingerprint density at radius 3 is 2.81 bits per heavy atom. The number of alkyl halides is 2. The summed E-state index contributed by atoms with van der Waals surface area (Å²) < 4.78 is 35.2. The number of carbonyl (C=O) groups is 1. The Bertz CT molecular complexity index is 1010. The molecule has 1 saturated heterocycles. The van der Waals surface area contributed by atoms with E-state index in [2.05, 4.69) is 9.47 Å². The zero-order valence-corrected chi connectivity index (χ0v) is 18.0. The molecule has 0 spiro atoms. The van der Waals surface area contributed by atoms with Crippen LogP contribution in [0.1, 0.15) is 60.3 Å². The summed E-state index contributed by atoms with van der Waals surface area (Å²) in [5.41, 5.74) is 3.61. The number of rotatable bonds is 3. The van der Waals surface area contributed by atoms with Gasteiger partial charge in [0.25, 0.3) is 6.43 Å². The summed E-state index contributed by atoms with van der Waals surface area (Å²) in [4.78, 5) is 21.1. The summed E-state index contributed by atoms with van der Waals surface area (Å²) in [7, 11) is 0. The van der Waals surface area contributed by atoms with Crippen LogP contribution in [-0.4, -0.2) is 46.7 Å². The van der Waals surface area contributed by atoms with E-state index in [0.717, 1.165) is 61.0 Å². The lowest BCUT2D eigenvalue weighted by Gasteiger charge is -2.34. The van der Waals surface area contributed by atoms with Gasteiger partial charge in [-0.1, -0.05) is 6.07 Å². The first-order chi connectivity index (χ1) is 14.9. The Labute approximate surface area is 180 Å². The van der Waals surface area contributed by atoms with E-state index in [9.17, 15) is 13.6 Å². The van der Waals surface area contributed by atoms with Crippen LogP contribution >= 0.6 is 0 Å². The molecule has 0 saturated carbocycles. The second kappa shape index (κ2) is 7.89. The number of carbonyl (C=O) groups excluding carboxylic acids is 1. The Hall–Kier alpha value is -2.48. The number of fused-ring (bicyclic) bond motifs is 2. The van der Waals surface area contributed by atoms with Crippen LogP contribution in [0, 0.1) is 6.92 Å². The van der Waals surface area contributed by atoms with Gasteiger partial charge in [0.1, 0.15) is 5.82 Å². The molecule has 1 atom stereocenters. The number of hydrogen-bond donors (Lipinski definition) is 0. The van der Waals surface area contributed by atoms with Crippen molar-refractivity contribution in [1.29, 1.82) is 0 Å². The molecule has 1 fully saturated rings. The molecule has 0 aliphatic carbocycles. The average Bonchev–Trinajstić information content (AvgIpc) is 3.40. The Balaban J connectivity index is 1.63. The fraction of sp³-hybridized carbons (Fsp3) is 0.565. The van der Waals surface area contributed by atoms with Crippen LogP contribution in [0.2, 0.25) is 0 Å². The van der Waals surface area contributed by atoms with Gasteiger partial charge in [-0.3, -0.25) is 4.79 Å². The molecule has 2 aromatic rings. The van der Waals surface area contributed by atoms with Crippen LogP contribution in [0.3, 0.4) is 0 Å². The van der Waals surface area contributed by atoms with E-state index in [-0.39, 0.29) is 17.4 Å². The highest BCUT2D eigenvalue weighted by Crippen LogP contribution is 2.41. The number of amides is 1. The summed E-state index contributed by atoms with van der Waals surface area (Å²) in [6.07, 6.45) is 0.224. The smallest absolute Gasteiger partial charge is 0.264 e. The molecular weight excluding hydrogens is 402 g/mol. The first-order valence-corrected chi connectivity index (χ1v) is 11.1. The second-order valence-electron chi connectivity index (χ2n) is 8.79. The van der Waals surface area contributed by atoms with Crippen LogP contribution in [0.4, 0.5) is 20.3 Å². The SMILES string of the molecule is CC(=O)N1CCn2c(C3CCOC3)nc(N3CCCc4cc(C)c(C(F)F)cc43)c2C1. The first-order valence-electron chi connectivity index (χ1n) is 11.1. The quantitative estimate of drug-likeness (QED) is 0.736. The predicted octanol–water partition coefficient (Wildman–Crippen LogP) is 4.08. The van der Waals surface area contributed by atoms with E-state index in [1.165, 1.54) is 0 Å². The van der Waals surface area contributed by atoms with Crippen LogP contribution < -0.4 is 4.90 Å². The van der Waals surface area contributed by atoms with Crippen LogP contribution in [0.5, 0.6) is 0 Å².